The highest BCUT2D eigenvalue weighted by atomic mass is 32.1. The van der Waals surface area contributed by atoms with E-state index in [1.165, 1.54) is 0 Å². The molecule has 0 aliphatic carbocycles. The van der Waals surface area contributed by atoms with Crippen molar-refractivity contribution in [3.8, 4) is 0 Å². The lowest BCUT2D eigenvalue weighted by Crippen LogP contribution is -2.51. The highest BCUT2D eigenvalue weighted by molar-refractivity contribution is 7.82. The molecule has 0 bridgehead atoms. The van der Waals surface area contributed by atoms with E-state index in [4.69, 9.17) is 42.6 Å². The molecule has 0 saturated heterocycles. The standard InChI is InChI=1S/C30H30OS4/c1-22(32)21-31-29(24-14-6-3-7-15-24,20-23-12-4-2-5-13-23)30(35,25-16-8-10-18-27(25)33)26-17-9-11-19-28(26)34/h2-19,22,32-35H,20-21H2,1H3. The van der Waals surface area contributed by atoms with Gasteiger partial charge in [0.25, 0.3) is 0 Å². The summed E-state index contributed by atoms with van der Waals surface area (Å²) in [7, 11) is 0. The summed E-state index contributed by atoms with van der Waals surface area (Å²) in [6.07, 6.45) is 0.589. The Morgan fingerprint density at radius 3 is 1.63 bits per heavy atom. The van der Waals surface area contributed by atoms with E-state index in [9.17, 15) is 0 Å². The topological polar surface area (TPSA) is 9.23 Å². The lowest BCUT2D eigenvalue weighted by atomic mass is 9.69. The predicted octanol–water partition coefficient (Wildman–Crippen LogP) is 7.91. The second-order valence-electron chi connectivity index (χ2n) is 8.76. The molecular formula is C30H30OS4. The van der Waals surface area contributed by atoms with Gasteiger partial charge in [0.05, 0.1) is 11.4 Å². The molecule has 0 saturated carbocycles. The summed E-state index contributed by atoms with van der Waals surface area (Å²) in [4.78, 5) is 1.69. The molecule has 0 amide bonds. The monoisotopic (exact) mass is 534 g/mol. The maximum Gasteiger partial charge on any atom is 0.120 e. The van der Waals surface area contributed by atoms with Crippen LogP contribution in [0.2, 0.25) is 0 Å². The van der Waals surface area contributed by atoms with Crippen molar-refractivity contribution in [3.05, 3.63) is 131 Å². The van der Waals surface area contributed by atoms with Gasteiger partial charge < -0.3 is 4.74 Å². The van der Waals surface area contributed by atoms with Gasteiger partial charge in [-0.2, -0.15) is 25.3 Å². The third-order valence-electron chi connectivity index (χ3n) is 6.28. The smallest absolute Gasteiger partial charge is 0.120 e. The zero-order valence-electron chi connectivity index (χ0n) is 19.6. The molecule has 2 unspecified atom stereocenters. The van der Waals surface area contributed by atoms with Crippen LogP contribution in [0.1, 0.15) is 29.2 Å². The lowest BCUT2D eigenvalue weighted by Gasteiger charge is -2.50. The number of ether oxygens (including phenoxy) is 1. The van der Waals surface area contributed by atoms with E-state index in [1.54, 1.807) is 0 Å². The molecule has 0 aromatic heterocycles. The molecule has 0 N–H and O–H groups in total. The van der Waals surface area contributed by atoms with E-state index in [2.05, 4.69) is 73.3 Å². The van der Waals surface area contributed by atoms with Gasteiger partial charge in [0.2, 0.25) is 0 Å². The third-order valence-corrected chi connectivity index (χ3v) is 8.05. The Morgan fingerprint density at radius 1 is 0.686 bits per heavy atom. The van der Waals surface area contributed by atoms with E-state index in [0.717, 1.165) is 32.0 Å². The van der Waals surface area contributed by atoms with Crippen molar-refractivity contribution in [1.29, 1.82) is 0 Å². The van der Waals surface area contributed by atoms with Crippen LogP contribution in [0.4, 0.5) is 0 Å². The molecule has 1 nitrogen and oxygen atoms in total. The highest BCUT2D eigenvalue weighted by Gasteiger charge is 2.55. The zero-order chi connectivity index (χ0) is 24.9. The molecule has 4 aromatic carbocycles. The molecule has 35 heavy (non-hydrogen) atoms. The number of benzene rings is 4. The molecule has 0 aliphatic rings. The van der Waals surface area contributed by atoms with Gasteiger partial charge in [0.15, 0.2) is 0 Å². The maximum absolute atomic E-state index is 7.04. The summed E-state index contributed by atoms with van der Waals surface area (Å²) in [6, 6.07) is 37.0. The Bertz CT molecular complexity index is 1200. The minimum absolute atomic E-state index is 0.0314. The summed E-state index contributed by atoms with van der Waals surface area (Å²) < 4.78 is 6.10. The van der Waals surface area contributed by atoms with E-state index in [0.29, 0.717) is 13.0 Å². The average molecular weight is 535 g/mol. The van der Waals surface area contributed by atoms with Crippen LogP contribution in [0.25, 0.3) is 0 Å². The van der Waals surface area contributed by atoms with Gasteiger partial charge in [-0.15, -0.1) is 25.3 Å². The van der Waals surface area contributed by atoms with Crippen LogP contribution < -0.4 is 0 Å². The summed E-state index contributed by atoms with van der Waals surface area (Å²) >= 11 is 20.1. The second-order valence-corrected chi connectivity index (χ2v) is 11.3. The van der Waals surface area contributed by atoms with Gasteiger partial charge >= 0.3 is 0 Å². The van der Waals surface area contributed by atoms with E-state index in [-0.39, 0.29) is 5.25 Å². The first-order valence-electron chi connectivity index (χ1n) is 11.6. The molecule has 0 aliphatic heterocycles. The van der Waals surface area contributed by atoms with Gasteiger partial charge in [0.1, 0.15) is 5.60 Å². The van der Waals surface area contributed by atoms with Crippen molar-refractivity contribution in [1.82, 2.24) is 0 Å². The van der Waals surface area contributed by atoms with Crippen LogP contribution in [0, 0.1) is 0 Å². The number of rotatable bonds is 9. The fourth-order valence-electron chi connectivity index (χ4n) is 4.67. The van der Waals surface area contributed by atoms with Crippen LogP contribution in [-0.4, -0.2) is 11.9 Å². The fraction of sp³-hybridized carbons (Fsp3) is 0.200. The van der Waals surface area contributed by atoms with E-state index < -0.39 is 10.3 Å². The van der Waals surface area contributed by atoms with Crippen LogP contribution in [0.5, 0.6) is 0 Å². The highest BCUT2D eigenvalue weighted by Crippen LogP contribution is 2.56. The Labute approximate surface area is 231 Å². The Hall–Kier alpha value is -1.76. The maximum atomic E-state index is 7.04. The van der Waals surface area contributed by atoms with Gasteiger partial charge in [0, 0.05) is 21.5 Å². The average Bonchev–Trinajstić information content (AvgIpc) is 2.88. The molecule has 4 rings (SSSR count). The number of hydrogen-bond acceptors (Lipinski definition) is 5. The predicted molar refractivity (Wildman–Crippen MR) is 160 cm³/mol. The lowest BCUT2D eigenvalue weighted by molar-refractivity contribution is -0.0716. The van der Waals surface area contributed by atoms with Crippen molar-refractivity contribution < 1.29 is 4.74 Å². The molecule has 0 radical (unpaired) electrons. The van der Waals surface area contributed by atoms with Gasteiger partial charge in [-0.25, -0.2) is 0 Å². The van der Waals surface area contributed by atoms with Crippen molar-refractivity contribution in [2.45, 2.75) is 38.7 Å². The van der Waals surface area contributed by atoms with E-state index in [1.807, 2.05) is 55.5 Å². The van der Waals surface area contributed by atoms with Gasteiger partial charge in [-0.1, -0.05) is 104 Å². The summed E-state index contributed by atoms with van der Waals surface area (Å²) in [5, 5.41) is 0.0314. The second kappa shape index (κ2) is 11.5. The number of hydrogen-bond donors (Lipinski definition) is 4. The van der Waals surface area contributed by atoms with Crippen molar-refractivity contribution in [2.24, 2.45) is 0 Å². The summed E-state index contributed by atoms with van der Waals surface area (Å²) in [6.45, 7) is 2.48. The van der Waals surface area contributed by atoms with Crippen molar-refractivity contribution in [2.75, 3.05) is 6.61 Å². The molecule has 4 aromatic rings. The minimum Gasteiger partial charge on any atom is -0.367 e. The Kier molecular flexibility index (Phi) is 8.67. The molecule has 0 fully saturated rings. The first-order valence-corrected chi connectivity index (χ1v) is 13.4. The quantitative estimate of drug-likeness (QED) is 0.160. The molecule has 5 heteroatoms. The first-order chi connectivity index (χ1) is 16.9. The number of thiol groups is 4. The van der Waals surface area contributed by atoms with E-state index >= 15 is 0 Å². The Morgan fingerprint density at radius 2 is 1.14 bits per heavy atom. The molecule has 2 atom stereocenters. The minimum atomic E-state index is -0.941. The summed E-state index contributed by atoms with van der Waals surface area (Å²) in [5.41, 5.74) is 3.18. The molecular weight excluding hydrogens is 505 g/mol. The largest absolute Gasteiger partial charge is 0.367 e. The fourth-order valence-corrected chi connectivity index (χ4v) is 6.24. The van der Waals surface area contributed by atoms with Crippen LogP contribution in [0.15, 0.2) is 119 Å². The van der Waals surface area contributed by atoms with Crippen molar-refractivity contribution >= 4 is 50.5 Å². The summed E-state index contributed by atoms with van der Waals surface area (Å²) in [5.74, 6) is 0. The SMILES string of the molecule is CC(S)COC(Cc1ccccc1)(c1ccccc1)C(S)(c1ccccc1S)c1ccccc1S. The first kappa shape index (κ1) is 26.3. The van der Waals surface area contributed by atoms with Crippen LogP contribution in [0.3, 0.4) is 0 Å². The van der Waals surface area contributed by atoms with Gasteiger partial charge in [-0.3, -0.25) is 0 Å². The third kappa shape index (κ3) is 5.35. The normalized spacial score (nSPS) is 14.3. The van der Waals surface area contributed by atoms with Crippen molar-refractivity contribution in [3.63, 3.8) is 0 Å². The van der Waals surface area contributed by atoms with Crippen LogP contribution >= 0.6 is 50.5 Å². The molecule has 0 heterocycles. The van der Waals surface area contributed by atoms with Crippen LogP contribution in [-0.2, 0) is 21.5 Å². The molecule has 0 spiro atoms. The Balaban J connectivity index is 2.12. The van der Waals surface area contributed by atoms with Gasteiger partial charge in [-0.05, 0) is 34.4 Å². The molecule has 180 valence electrons. The zero-order valence-corrected chi connectivity index (χ0v) is 23.2.